The van der Waals surface area contributed by atoms with E-state index in [1.165, 1.54) is 30.5 Å². The van der Waals surface area contributed by atoms with E-state index in [0.717, 1.165) is 4.40 Å². The van der Waals surface area contributed by atoms with Gasteiger partial charge in [-0.1, -0.05) is 29.3 Å². The van der Waals surface area contributed by atoms with Crippen LogP contribution in [-0.4, -0.2) is 20.4 Å². The van der Waals surface area contributed by atoms with Gasteiger partial charge in [0.2, 0.25) is 0 Å². The fraction of sp³-hybridized carbons (Fsp3) is 0.125. The number of carbonyl (C=O) groups is 1. The van der Waals surface area contributed by atoms with Crippen molar-refractivity contribution >= 4 is 52.9 Å². The van der Waals surface area contributed by atoms with Crippen molar-refractivity contribution in [1.82, 2.24) is 9.38 Å². The Hall–Kier alpha value is -2.00. The Kier molecular flexibility index (Phi) is 6.26. The van der Waals surface area contributed by atoms with Crippen molar-refractivity contribution in [2.24, 2.45) is 0 Å². The smallest absolute Gasteiger partial charge is 0.390 e. The molecule has 5 nitrogen and oxygen atoms in total. The first-order chi connectivity index (χ1) is 12.2. The lowest BCUT2D eigenvalue weighted by molar-refractivity contribution is -0.142. The standard InChI is InChI=1S/C16H10Cl2F3N3O2.ClH/c17-8-3-1-4-9(18)12(8)15(26)22-10-5-2-6-24-11(7-25)13(16(19,20)21)23-14(10)24;/h1-6,25H,7H2,(H,22,26);1H. The molecule has 0 bridgehead atoms. The normalized spacial score (nSPS) is 11.3. The number of benzene rings is 1. The lowest BCUT2D eigenvalue weighted by atomic mass is 10.2. The van der Waals surface area contributed by atoms with Gasteiger partial charge in [-0.15, -0.1) is 12.4 Å². The number of amides is 1. The number of aromatic nitrogens is 2. The molecule has 2 aromatic heterocycles. The molecule has 1 aromatic carbocycles. The van der Waals surface area contributed by atoms with Crippen molar-refractivity contribution in [2.45, 2.75) is 12.8 Å². The zero-order valence-corrected chi connectivity index (χ0v) is 15.5. The van der Waals surface area contributed by atoms with Crippen molar-refractivity contribution in [3.8, 4) is 0 Å². The number of rotatable bonds is 3. The molecule has 0 fully saturated rings. The second-order valence-electron chi connectivity index (χ2n) is 5.23. The molecule has 0 spiro atoms. The lowest BCUT2D eigenvalue weighted by Crippen LogP contribution is -2.14. The summed E-state index contributed by atoms with van der Waals surface area (Å²) in [7, 11) is 0. The third kappa shape index (κ3) is 3.98. The van der Waals surface area contributed by atoms with Gasteiger partial charge in [-0.3, -0.25) is 9.20 Å². The minimum absolute atomic E-state index is 0. The maximum Gasteiger partial charge on any atom is 0.435 e. The van der Waals surface area contributed by atoms with E-state index in [0.29, 0.717) is 0 Å². The fourth-order valence-corrected chi connectivity index (χ4v) is 3.06. The number of anilines is 1. The van der Waals surface area contributed by atoms with Crippen LogP contribution in [0.15, 0.2) is 36.5 Å². The SMILES string of the molecule is Cl.O=C(Nc1cccn2c(CO)c(C(F)(F)F)nc12)c1c(Cl)cccc1Cl. The monoisotopic (exact) mass is 439 g/mol. The number of hydrogen-bond acceptors (Lipinski definition) is 3. The number of aliphatic hydroxyl groups is 1. The second-order valence-corrected chi connectivity index (χ2v) is 6.04. The highest BCUT2D eigenvalue weighted by Crippen LogP contribution is 2.34. The van der Waals surface area contributed by atoms with Crippen molar-refractivity contribution in [2.75, 3.05) is 5.32 Å². The summed E-state index contributed by atoms with van der Waals surface area (Å²) < 4.78 is 40.5. The van der Waals surface area contributed by atoms with E-state index in [2.05, 4.69) is 10.3 Å². The van der Waals surface area contributed by atoms with Crippen LogP contribution >= 0.6 is 35.6 Å². The van der Waals surface area contributed by atoms with Crippen LogP contribution in [0.25, 0.3) is 5.65 Å². The molecular formula is C16H11Cl3F3N3O2. The van der Waals surface area contributed by atoms with Crippen LogP contribution in [0, 0.1) is 0 Å². The Morgan fingerprint density at radius 3 is 2.37 bits per heavy atom. The number of carbonyl (C=O) groups excluding carboxylic acids is 1. The molecule has 2 N–H and O–H groups in total. The average Bonchev–Trinajstić information content (AvgIpc) is 2.94. The van der Waals surface area contributed by atoms with E-state index < -0.39 is 30.1 Å². The number of alkyl halides is 3. The summed E-state index contributed by atoms with van der Waals surface area (Å²) in [6.45, 7) is -0.871. The van der Waals surface area contributed by atoms with Gasteiger partial charge in [0, 0.05) is 6.20 Å². The summed E-state index contributed by atoms with van der Waals surface area (Å²) >= 11 is 11.9. The Balaban J connectivity index is 0.00000261. The van der Waals surface area contributed by atoms with Gasteiger partial charge in [0.15, 0.2) is 11.3 Å². The molecule has 0 aliphatic heterocycles. The molecule has 0 unspecified atom stereocenters. The largest absolute Gasteiger partial charge is 0.435 e. The van der Waals surface area contributed by atoms with Crippen LogP contribution in [0.1, 0.15) is 21.7 Å². The Bertz CT molecular complexity index is 985. The van der Waals surface area contributed by atoms with E-state index in [9.17, 15) is 23.1 Å². The lowest BCUT2D eigenvalue weighted by Gasteiger charge is -2.09. The van der Waals surface area contributed by atoms with E-state index in [4.69, 9.17) is 23.2 Å². The number of imidazole rings is 1. The highest BCUT2D eigenvalue weighted by Gasteiger charge is 2.38. The number of pyridine rings is 1. The molecule has 3 aromatic rings. The number of halogens is 6. The van der Waals surface area contributed by atoms with Crippen molar-refractivity contribution in [3.63, 3.8) is 0 Å². The average molecular weight is 441 g/mol. The molecule has 27 heavy (non-hydrogen) atoms. The van der Waals surface area contributed by atoms with Gasteiger partial charge in [0.1, 0.15) is 0 Å². The molecule has 3 rings (SSSR count). The molecule has 0 aliphatic rings. The molecule has 0 saturated carbocycles. The van der Waals surface area contributed by atoms with E-state index in [-0.39, 0.29) is 39.4 Å². The summed E-state index contributed by atoms with van der Waals surface area (Å²) in [4.78, 5) is 16.0. The van der Waals surface area contributed by atoms with Gasteiger partial charge in [-0.25, -0.2) is 4.98 Å². The summed E-state index contributed by atoms with van der Waals surface area (Å²) in [5.74, 6) is -0.698. The summed E-state index contributed by atoms with van der Waals surface area (Å²) in [6, 6.07) is 7.28. The van der Waals surface area contributed by atoms with Crippen LogP contribution in [0.2, 0.25) is 10.0 Å². The maximum atomic E-state index is 13.1. The minimum Gasteiger partial charge on any atom is -0.390 e. The van der Waals surface area contributed by atoms with Crippen molar-refractivity contribution in [1.29, 1.82) is 0 Å². The molecular weight excluding hydrogens is 430 g/mol. The molecule has 11 heteroatoms. The van der Waals surface area contributed by atoms with Crippen LogP contribution < -0.4 is 5.32 Å². The van der Waals surface area contributed by atoms with E-state index in [1.54, 1.807) is 6.07 Å². The summed E-state index contributed by atoms with van der Waals surface area (Å²) in [5.41, 5.74) is -1.82. The van der Waals surface area contributed by atoms with Crippen molar-refractivity contribution < 1.29 is 23.1 Å². The van der Waals surface area contributed by atoms with Crippen LogP contribution in [-0.2, 0) is 12.8 Å². The molecule has 0 radical (unpaired) electrons. The molecule has 1 amide bonds. The van der Waals surface area contributed by atoms with Crippen LogP contribution in [0.3, 0.4) is 0 Å². The third-order valence-corrected chi connectivity index (χ3v) is 4.24. The Morgan fingerprint density at radius 2 is 1.81 bits per heavy atom. The summed E-state index contributed by atoms with van der Waals surface area (Å²) in [5, 5.41) is 12.0. The van der Waals surface area contributed by atoms with Crippen molar-refractivity contribution in [3.05, 3.63) is 63.5 Å². The first-order valence-corrected chi connectivity index (χ1v) is 7.93. The van der Waals surface area contributed by atoms with E-state index in [1.807, 2.05) is 0 Å². The molecule has 0 saturated heterocycles. The molecule has 0 aliphatic carbocycles. The van der Waals surface area contributed by atoms with Crippen LogP contribution in [0.5, 0.6) is 0 Å². The Morgan fingerprint density at radius 1 is 1.19 bits per heavy atom. The number of aliphatic hydroxyl groups excluding tert-OH is 1. The van der Waals surface area contributed by atoms with Gasteiger partial charge in [-0.05, 0) is 24.3 Å². The number of hydrogen-bond donors (Lipinski definition) is 2. The molecule has 2 heterocycles. The fourth-order valence-electron chi connectivity index (χ4n) is 2.49. The first-order valence-electron chi connectivity index (χ1n) is 7.17. The quantitative estimate of drug-likeness (QED) is 0.613. The second kappa shape index (κ2) is 7.93. The van der Waals surface area contributed by atoms with Gasteiger partial charge in [0.05, 0.1) is 33.6 Å². The predicted octanol–water partition coefficient (Wildman–Crippen LogP) is 4.83. The number of nitrogens with one attached hydrogen (secondary N) is 1. The highest BCUT2D eigenvalue weighted by atomic mass is 35.5. The Labute approximate surface area is 167 Å². The van der Waals surface area contributed by atoms with Gasteiger partial charge < -0.3 is 10.4 Å². The zero-order valence-electron chi connectivity index (χ0n) is 13.2. The first kappa shape index (κ1) is 21.3. The number of fused-ring (bicyclic) bond motifs is 1. The van der Waals surface area contributed by atoms with Gasteiger partial charge >= 0.3 is 6.18 Å². The zero-order chi connectivity index (χ0) is 19.1. The van der Waals surface area contributed by atoms with E-state index >= 15 is 0 Å². The highest BCUT2D eigenvalue weighted by molar-refractivity contribution is 6.40. The summed E-state index contributed by atoms with van der Waals surface area (Å²) in [6.07, 6.45) is -3.45. The minimum atomic E-state index is -4.75. The number of nitrogens with zero attached hydrogens (tertiary/aromatic N) is 2. The third-order valence-electron chi connectivity index (χ3n) is 3.61. The predicted molar refractivity (Wildman–Crippen MR) is 97.8 cm³/mol. The topological polar surface area (TPSA) is 66.6 Å². The van der Waals surface area contributed by atoms with Crippen LogP contribution in [0.4, 0.5) is 18.9 Å². The van der Waals surface area contributed by atoms with Gasteiger partial charge in [0.25, 0.3) is 5.91 Å². The molecule has 0 atom stereocenters. The van der Waals surface area contributed by atoms with Gasteiger partial charge in [-0.2, -0.15) is 13.2 Å². The maximum absolute atomic E-state index is 13.1. The molecule has 144 valence electrons.